The smallest absolute Gasteiger partial charge is 0.231 e. The number of fused-ring (bicyclic) bond motifs is 1. The van der Waals surface area contributed by atoms with Gasteiger partial charge in [-0.05, 0) is 56.3 Å². The lowest BCUT2D eigenvalue weighted by atomic mass is 9.98. The Labute approximate surface area is 155 Å². The van der Waals surface area contributed by atoms with Crippen molar-refractivity contribution in [3.05, 3.63) is 41.3 Å². The van der Waals surface area contributed by atoms with Crippen molar-refractivity contribution in [2.24, 2.45) is 5.92 Å². The lowest BCUT2D eigenvalue weighted by Crippen LogP contribution is -2.33. The highest BCUT2D eigenvalue weighted by Gasteiger charge is 2.26. The molecule has 2 aliphatic rings. The van der Waals surface area contributed by atoms with Gasteiger partial charge in [-0.15, -0.1) is 0 Å². The highest BCUT2D eigenvalue weighted by atomic mass is 16.7. The van der Waals surface area contributed by atoms with E-state index in [1.165, 1.54) is 31.2 Å². The number of nitrogens with zero attached hydrogens (tertiary/aromatic N) is 2. The van der Waals surface area contributed by atoms with Crippen molar-refractivity contribution in [1.29, 1.82) is 0 Å². The first kappa shape index (κ1) is 17.4. The van der Waals surface area contributed by atoms with E-state index >= 15 is 0 Å². The maximum Gasteiger partial charge on any atom is 0.231 e. The molecular formula is C21H28N2O3. The summed E-state index contributed by atoms with van der Waals surface area (Å²) in [7, 11) is 0. The van der Waals surface area contributed by atoms with Crippen LogP contribution in [-0.4, -0.2) is 29.9 Å². The molecule has 5 nitrogen and oxygen atoms in total. The molecule has 1 aromatic carbocycles. The first-order valence-electron chi connectivity index (χ1n) is 9.75. The van der Waals surface area contributed by atoms with Gasteiger partial charge < -0.3 is 14.0 Å². The molecule has 5 heteroatoms. The number of likely N-dealkylation sites (tertiary alicyclic amines) is 1. The topological polar surface area (TPSA) is 47.7 Å². The molecule has 0 bridgehead atoms. The molecule has 1 fully saturated rings. The number of hydrogen-bond acceptors (Lipinski definition) is 5. The summed E-state index contributed by atoms with van der Waals surface area (Å²) in [6.07, 6.45) is 6.05. The van der Waals surface area contributed by atoms with Crippen LogP contribution in [0.3, 0.4) is 0 Å². The third-order valence-electron chi connectivity index (χ3n) is 5.42. The third-order valence-corrected chi connectivity index (χ3v) is 5.42. The molecule has 3 heterocycles. The quantitative estimate of drug-likeness (QED) is 0.789. The Morgan fingerprint density at radius 3 is 2.88 bits per heavy atom. The first-order valence-corrected chi connectivity index (χ1v) is 9.75. The maximum absolute atomic E-state index is 5.51. The molecule has 1 saturated heterocycles. The third kappa shape index (κ3) is 3.88. The minimum Gasteiger partial charge on any atom is -0.454 e. The monoisotopic (exact) mass is 356 g/mol. The largest absolute Gasteiger partial charge is 0.454 e. The Kier molecular flexibility index (Phi) is 5.16. The van der Waals surface area contributed by atoms with Crippen molar-refractivity contribution < 1.29 is 14.0 Å². The second kappa shape index (κ2) is 7.70. The number of ether oxygens (including phenoxy) is 2. The first-order chi connectivity index (χ1) is 12.7. The fourth-order valence-electron chi connectivity index (χ4n) is 4.20. The molecule has 2 aliphatic heterocycles. The number of aryl methyl sites for hydroxylation is 1. The lowest BCUT2D eigenvalue weighted by Gasteiger charge is -2.31. The van der Waals surface area contributed by atoms with E-state index in [1.807, 2.05) is 13.0 Å². The average Bonchev–Trinajstić information content (AvgIpc) is 3.19. The van der Waals surface area contributed by atoms with Crippen LogP contribution in [0.4, 0.5) is 0 Å². The van der Waals surface area contributed by atoms with Crippen molar-refractivity contribution in [2.75, 3.05) is 19.9 Å². The van der Waals surface area contributed by atoms with E-state index in [2.05, 4.69) is 35.2 Å². The lowest BCUT2D eigenvalue weighted by molar-refractivity contribution is 0.167. The van der Waals surface area contributed by atoms with Gasteiger partial charge in [0.2, 0.25) is 6.79 Å². The number of aromatic nitrogens is 1. The molecule has 0 amide bonds. The van der Waals surface area contributed by atoms with E-state index in [1.54, 1.807) is 0 Å². The van der Waals surface area contributed by atoms with Crippen LogP contribution in [0.1, 0.15) is 55.7 Å². The van der Waals surface area contributed by atoms with Gasteiger partial charge in [-0.25, -0.2) is 0 Å². The van der Waals surface area contributed by atoms with Crippen molar-refractivity contribution in [2.45, 2.75) is 52.0 Å². The van der Waals surface area contributed by atoms with Gasteiger partial charge >= 0.3 is 0 Å². The predicted octanol–water partition coefficient (Wildman–Crippen LogP) is 4.51. The zero-order valence-electron chi connectivity index (χ0n) is 15.7. The van der Waals surface area contributed by atoms with Gasteiger partial charge in [0.05, 0.1) is 6.04 Å². The molecule has 0 unspecified atom stereocenters. The molecule has 0 radical (unpaired) electrons. The predicted molar refractivity (Wildman–Crippen MR) is 99.5 cm³/mol. The zero-order chi connectivity index (χ0) is 17.9. The Morgan fingerprint density at radius 1 is 1.15 bits per heavy atom. The van der Waals surface area contributed by atoms with E-state index in [4.69, 9.17) is 14.0 Å². The molecule has 26 heavy (non-hydrogen) atoms. The summed E-state index contributed by atoms with van der Waals surface area (Å²) in [6, 6.07) is 8.79. The summed E-state index contributed by atoms with van der Waals surface area (Å²) >= 11 is 0. The van der Waals surface area contributed by atoms with E-state index < -0.39 is 0 Å². The van der Waals surface area contributed by atoms with Gasteiger partial charge in [0.15, 0.2) is 11.5 Å². The fraction of sp³-hybridized carbons (Fsp3) is 0.571. The average molecular weight is 356 g/mol. The summed E-state index contributed by atoms with van der Waals surface area (Å²) in [4.78, 5) is 2.61. The van der Waals surface area contributed by atoms with Gasteiger partial charge in [-0.3, -0.25) is 4.90 Å². The molecule has 140 valence electrons. The van der Waals surface area contributed by atoms with Crippen LogP contribution in [0.15, 0.2) is 28.8 Å². The number of benzene rings is 1. The van der Waals surface area contributed by atoms with E-state index in [9.17, 15) is 0 Å². The summed E-state index contributed by atoms with van der Waals surface area (Å²) < 4.78 is 16.3. The van der Waals surface area contributed by atoms with Crippen molar-refractivity contribution in [1.82, 2.24) is 10.1 Å². The SMILES string of the molecule is Cc1cc([C@H]2CCCCCN2C[C@H](C)Cc2ccc3c(c2)OCO3)no1. The molecule has 1 aromatic heterocycles. The Balaban J connectivity index is 1.43. The zero-order valence-corrected chi connectivity index (χ0v) is 15.7. The summed E-state index contributed by atoms with van der Waals surface area (Å²) in [5.41, 5.74) is 2.41. The number of hydrogen-bond donors (Lipinski definition) is 0. The van der Waals surface area contributed by atoms with Crippen LogP contribution >= 0.6 is 0 Å². The van der Waals surface area contributed by atoms with Crippen LogP contribution in [0, 0.1) is 12.8 Å². The molecule has 2 atom stereocenters. The van der Waals surface area contributed by atoms with Gasteiger partial charge in [-0.2, -0.15) is 0 Å². The molecule has 0 N–H and O–H groups in total. The standard InChI is InChI=1S/C21H28N2O3/c1-15(10-17-7-8-20-21(12-17)25-14-24-20)13-23-9-5-3-4-6-19(23)18-11-16(2)26-22-18/h7-8,11-12,15,19H,3-6,9-10,13-14H2,1-2H3/t15-,19-/m1/s1. The van der Waals surface area contributed by atoms with Crippen LogP contribution in [0.5, 0.6) is 11.5 Å². The fourth-order valence-corrected chi connectivity index (χ4v) is 4.20. The highest BCUT2D eigenvalue weighted by molar-refractivity contribution is 5.44. The van der Waals surface area contributed by atoms with E-state index in [-0.39, 0.29) is 0 Å². The van der Waals surface area contributed by atoms with Crippen molar-refractivity contribution in [3.8, 4) is 11.5 Å². The van der Waals surface area contributed by atoms with Crippen molar-refractivity contribution in [3.63, 3.8) is 0 Å². The Hall–Kier alpha value is -2.01. The van der Waals surface area contributed by atoms with Crippen LogP contribution in [0.25, 0.3) is 0 Å². The Bertz CT molecular complexity index is 743. The molecule has 0 spiro atoms. The minimum atomic E-state index is 0.334. The molecule has 0 aliphatic carbocycles. The van der Waals surface area contributed by atoms with Crippen molar-refractivity contribution >= 4 is 0 Å². The molecule has 0 saturated carbocycles. The number of rotatable bonds is 5. The normalized spacial score (nSPS) is 21.5. The van der Waals surface area contributed by atoms with Crippen LogP contribution in [-0.2, 0) is 6.42 Å². The second-order valence-corrected chi connectivity index (χ2v) is 7.72. The van der Waals surface area contributed by atoms with Gasteiger partial charge in [0, 0.05) is 12.6 Å². The Morgan fingerprint density at radius 2 is 2.04 bits per heavy atom. The summed E-state index contributed by atoms with van der Waals surface area (Å²) in [5, 5.41) is 4.31. The van der Waals surface area contributed by atoms with Crippen LogP contribution in [0.2, 0.25) is 0 Å². The minimum absolute atomic E-state index is 0.334. The van der Waals surface area contributed by atoms with E-state index in [0.717, 1.165) is 42.5 Å². The van der Waals surface area contributed by atoms with Crippen LogP contribution < -0.4 is 9.47 Å². The molecule has 2 aromatic rings. The second-order valence-electron chi connectivity index (χ2n) is 7.72. The highest BCUT2D eigenvalue weighted by Crippen LogP contribution is 2.34. The molecular weight excluding hydrogens is 328 g/mol. The van der Waals surface area contributed by atoms with Gasteiger partial charge in [0.1, 0.15) is 11.5 Å². The summed E-state index contributed by atoms with van der Waals surface area (Å²) in [6.45, 7) is 6.86. The van der Waals surface area contributed by atoms with E-state index in [0.29, 0.717) is 18.8 Å². The van der Waals surface area contributed by atoms with Gasteiger partial charge in [-0.1, -0.05) is 31.0 Å². The maximum atomic E-state index is 5.51. The molecule has 4 rings (SSSR count). The summed E-state index contributed by atoms with van der Waals surface area (Å²) in [5.74, 6) is 3.19. The van der Waals surface area contributed by atoms with Gasteiger partial charge in [0.25, 0.3) is 0 Å².